The molecule has 5 nitrogen and oxygen atoms in total. The van der Waals surface area contributed by atoms with Crippen LogP contribution in [0.2, 0.25) is 0 Å². The Morgan fingerprint density at radius 1 is 1.21 bits per heavy atom. The zero-order chi connectivity index (χ0) is 13.2. The minimum absolute atomic E-state index is 0.0617. The number of hydrogen-bond donors (Lipinski definition) is 1. The molecule has 19 heavy (non-hydrogen) atoms. The van der Waals surface area contributed by atoms with E-state index in [1.165, 1.54) is 0 Å². The molecule has 0 atom stereocenters. The number of carboxylic acids is 1. The molecule has 5 heteroatoms. The highest BCUT2D eigenvalue weighted by Gasteiger charge is 2.11. The van der Waals surface area contributed by atoms with Gasteiger partial charge in [0.25, 0.3) is 0 Å². The third-order valence-corrected chi connectivity index (χ3v) is 2.75. The van der Waals surface area contributed by atoms with Gasteiger partial charge in [0.15, 0.2) is 18.0 Å². The number of fused-ring (bicyclic) bond motifs is 1. The van der Waals surface area contributed by atoms with E-state index in [1.807, 2.05) is 24.3 Å². The van der Waals surface area contributed by atoms with Crippen molar-refractivity contribution >= 4 is 17.1 Å². The molecule has 1 N–H and O–H groups in total. The van der Waals surface area contributed by atoms with Crippen molar-refractivity contribution in [1.82, 2.24) is 4.98 Å². The molecule has 0 aliphatic rings. The maximum Gasteiger partial charge on any atom is 0.370 e. The fourth-order valence-electron chi connectivity index (χ4n) is 1.86. The van der Waals surface area contributed by atoms with E-state index in [9.17, 15) is 4.79 Å². The lowest BCUT2D eigenvalue weighted by Gasteiger charge is -1.94. The topological polar surface area (TPSA) is 67.2 Å². The van der Waals surface area contributed by atoms with Crippen molar-refractivity contribution in [3.05, 3.63) is 48.8 Å². The molecular weight excluding hydrogens is 244 g/mol. The second-order valence-electron chi connectivity index (χ2n) is 4.14. The average molecular weight is 255 g/mol. The van der Waals surface area contributed by atoms with Crippen LogP contribution in [0.15, 0.2) is 53.2 Å². The number of nitrogens with zero attached hydrogens (tertiary/aromatic N) is 2. The summed E-state index contributed by atoms with van der Waals surface area (Å²) in [6, 6.07) is 11.1. The third-order valence-electron chi connectivity index (χ3n) is 2.75. The molecule has 0 spiro atoms. The van der Waals surface area contributed by atoms with Gasteiger partial charge in [0, 0.05) is 17.7 Å². The van der Waals surface area contributed by atoms with Gasteiger partial charge in [-0.05, 0) is 12.1 Å². The molecule has 0 unspecified atom stereocenters. The Hall–Kier alpha value is -2.69. The first-order valence-corrected chi connectivity index (χ1v) is 5.79. The van der Waals surface area contributed by atoms with Gasteiger partial charge in [0.1, 0.15) is 5.52 Å². The highest BCUT2D eigenvalue weighted by molar-refractivity contribution is 5.75. The van der Waals surface area contributed by atoms with Crippen LogP contribution in [-0.4, -0.2) is 16.1 Å². The first-order chi connectivity index (χ1) is 9.22. The van der Waals surface area contributed by atoms with Crippen molar-refractivity contribution in [1.29, 1.82) is 0 Å². The van der Waals surface area contributed by atoms with E-state index in [1.54, 1.807) is 29.1 Å². The monoisotopic (exact) mass is 255 g/mol. The number of aliphatic carboxylic acids is 1. The number of para-hydroxylation sites is 2. The maximum absolute atomic E-state index is 10.6. The Bertz CT molecular complexity index is 699. The molecule has 2 aromatic heterocycles. The highest BCUT2D eigenvalue weighted by Crippen LogP contribution is 2.22. The minimum Gasteiger partial charge on any atom is -0.477 e. The summed E-state index contributed by atoms with van der Waals surface area (Å²) in [6.07, 6.45) is 3.39. The lowest BCUT2D eigenvalue weighted by molar-refractivity contribution is -0.685. The van der Waals surface area contributed by atoms with Crippen molar-refractivity contribution in [3.63, 3.8) is 0 Å². The predicted octanol–water partition coefficient (Wildman–Crippen LogP) is 1.87. The number of benzene rings is 1. The van der Waals surface area contributed by atoms with Crippen LogP contribution in [0.4, 0.5) is 0 Å². The maximum atomic E-state index is 10.6. The van der Waals surface area contributed by atoms with Crippen LogP contribution in [0.25, 0.3) is 22.6 Å². The molecule has 1 aromatic carbocycles. The van der Waals surface area contributed by atoms with Crippen LogP contribution >= 0.6 is 0 Å². The first-order valence-electron chi connectivity index (χ1n) is 5.79. The molecule has 94 valence electrons. The van der Waals surface area contributed by atoms with Gasteiger partial charge in [0.05, 0.1) is 0 Å². The Labute approximate surface area is 108 Å². The average Bonchev–Trinajstić information content (AvgIpc) is 2.82. The molecule has 0 aliphatic carbocycles. The third kappa shape index (κ3) is 2.30. The smallest absolute Gasteiger partial charge is 0.370 e. The Kier molecular flexibility index (Phi) is 2.72. The molecule has 0 saturated carbocycles. The summed E-state index contributed by atoms with van der Waals surface area (Å²) in [5, 5.41) is 8.70. The van der Waals surface area contributed by atoms with Gasteiger partial charge in [-0.3, -0.25) is 0 Å². The predicted molar refractivity (Wildman–Crippen MR) is 67.3 cm³/mol. The van der Waals surface area contributed by atoms with Crippen LogP contribution in [0.1, 0.15) is 0 Å². The summed E-state index contributed by atoms with van der Waals surface area (Å²) < 4.78 is 7.22. The number of carbonyl (C=O) groups is 1. The van der Waals surface area contributed by atoms with Gasteiger partial charge < -0.3 is 9.52 Å². The largest absolute Gasteiger partial charge is 0.477 e. The molecule has 3 aromatic rings. The second-order valence-corrected chi connectivity index (χ2v) is 4.14. The highest BCUT2D eigenvalue weighted by atomic mass is 16.4. The van der Waals surface area contributed by atoms with Gasteiger partial charge in [0.2, 0.25) is 12.4 Å². The molecular formula is C14H11N2O3+. The Morgan fingerprint density at radius 2 is 1.95 bits per heavy atom. The van der Waals surface area contributed by atoms with E-state index in [0.29, 0.717) is 5.89 Å². The zero-order valence-corrected chi connectivity index (χ0v) is 9.98. The molecule has 2 heterocycles. The van der Waals surface area contributed by atoms with Gasteiger partial charge >= 0.3 is 5.97 Å². The SMILES string of the molecule is O=C(O)C[n+]1ccc(-c2nc3ccccc3o2)cc1. The number of aromatic nitrogens is 2. The summed E-state index contributed by atoms with van der Waals surface area (Å²) in [4.78, 5) is 15.0. The van der Waals surface area contributed by atoms with E-state index in [-0.39, 0.29) is 6.54 Å². The number of hydrogen-bond acceptors (Lipinski definition) is 3. The second kappa shape index (κ2) is 4.53. The van der Waals surface area contributed by atoms with Gasteiger partial charge in [-0.1, -0.05) is 12.1 Å². The quantitative estimate of drug-likeness (QED) is 0.725. The molecule has 0 amide bonds. The van der Waals surface area contributed by atoms with Crippen molar-refractivity contribution in [2.75, 3.05) is 0 Å². The fourth-order valence-corrected chi connectivity index (χ4v) is 1.86. The van der Waals surface area contributed by atoms with Crippen molar-refractivity contribution in [2.45, 2.75) is 6.54 Å². The van der Waals surface area contributed by atoms with E-state index in [2.05, 4.69) is 4.98 Å². The van der Waals surface area contributed by atoms with Crippen LogP contribution in [0.3, 0.4) is 0 Å². The Morgan fingerprint density at radius 3 is 2.63 bits per heavy atom. The molecule has 3 rings (SSSR count). The lowest BCUT2D eigenvalue weighted by atomic mass is 10.2. The molecule has 0 aliphatic heterocycles. The van der Waals surface area contributed by atoms with Gasteiger partial charge in [-0.25, -0.2) is 9.78 Å². The van der Waals surface area contributed by atoms with Crippen molar-refractivity contribution in [3.8, 4) is 11.5 Å². The molecule has 0 radical (unpaired) electrons. The summed E-state index contributed by atoms with van der Waals surface area (Å²) in [5.74, 6) is -0.344. The number of oxazole rings is 1. The zero-order valence-electron chi connectivity index (χ0n) is 9.98. The lowest BCUT2D eigenvalue weighted by Crippen LogP contribution is -2.36. The van der Waals surface area contributed by atoms with Gasteiger partial charge in [-0.15, -0.1) is 0 Å². The van der Waals surface area contributed by atoms with E-state index >= 15 is 0 Å². The summed E-state index contributed by atoms with van der Waals surface area (Å²) >= 11 is 0. The van der Waals surface area contributed by atoms with Crippen molar-refractivity contribution in [2.24, 2.45) is 0 Å². The van der Waals surface area contributed by atoms with Crippen LogP contribution in [0, 0.1) is 0 Å². The number of pyridine rings is 1. The standard InChI is InChI=1S/C14H10N2O3/c17-13(18)9-16-7-5-10(6-8-16)14-15-11-3-1-2-4-12(11)19-14/h1-8H,9H2/p+1. The summed E-state index contributed by atoms with van der Waals surface area (Å²) in [6.45, 7) is -0.0617. The van der Waals surface area contributed by atoms with Crippen molar-refractivity contribution < 1.29 is 18.9 Å². The fraction of sp³-hybridized carbons (Fsp3) is 0.0714. The molecule has 0 bridgehead atoms. The summed E-state index contributed by atoms with van der Waals surface area (Å²) in [7, 11) is 0. The van der Waals surface area contributed by atoms with E-state index in [4.69, 9.17) is 9.52 Å². The van der Waals surface area contributed by atoms with Crippen LogP contribution < -0.4 is 4.57 Å². The normalized spacial score (nSPS) is 10.7. The van der Waals surface area contributed by atoms with Gasteiger partial charge in [-0.2, -0.15) is 4.57 Å². The van der Waals surface area contributed by atoms with Crippen LogP contribution in [0.5, 0.6) is 0 Å². The van der Waals surface area contributed by atoms with E-state index < -0.39 is 5.97 Å². The first kappa shape index (κ1) is 11.4. The molecule has 0 saturated heterocycles. The number of carboxylic acid groups (broad SMARTS) is 1. The van der Waals surface area contributed by atoms with Crippen LogP contribution in [-0.2, 0) is 11.3 Å². The number of rotatable bonds is 3. The van der Waals surface area contributed by atoms with E-state index in [0.717, 1.165) is 16.7 Å². The summed E-state index contributed by atoms with van der Waals surface area (Å²) in [5.41, 5.74) is 2.36. The molecule has 0 fully saturated rings. The minimum atomic E-state index is -0.875. The Balaban J connectivity index is 1.95.